The first kappa shape index (κ1) is 14.8. The molecule has 1 unspecified atom stereocenters. The highest BCUT2D eigenvalue weighted by Gasteiger charge is 2.14. The van der Waals surface area contributed by atoms with Gasteiger partial charge in [0.1, 0.15) is 5.92 Å². The van der Waals surface area contributed by atoms with Gasteiger partial charge in [-0.05, 0) is 24.1 Å². The molecule has 5 nitrogen and oxygen atoms in total. The summed E-state index contributed by atoms with van der Waals surface area (Å²) >= 11 is 0. The van der Waals surface area contributed by atoms with E-state index in [9.17, 15) is 4.79 Å². The van der Waals surface area contributed by atoms with Crippen molar-refractivity contribution in [3.63, 3.8) is 0 Å². The molecule has 0 aliphatic rings. The van der Waals surface area contributed by atoms with Crippen LogP contribution in [0.25, 0.3) is 0 Å². The second-order valence-corrected chi connectivity index (χ2v) is 4.00. The molecule has 1 aromatic rings. The van der Waals surface area contributed by atoms with Crippen molar-refractivity contribution in [3.05, 3.63) is 23.8 Å². The third-order valence-electron chi connectivity index (χ3n) is 2.80. The van der Waals surface area contributed by atoms with Gasteiger partial charge in [-0.3, -0.25) is 4.79 Å². The molecule has 1 N–H and O–H groups in total. The fourth-order valence-electron chi connectivity index (χ4n) is 1.64. The summed E-state index contributed by atoms with van der Waals surface area (Å²) < 4.78 is 10.3. The van der Waals surface area contributed by atoms with Crippen LogP contribution in [0.15, 0.2) is 18.2 Å². The van der Waals surface area contributed by atoms with Crippen LogP contribution in [0.5, 0.6) is 11.5 Å². The van der Waals surface area contributed by atoms with Crippen molar-refractivity contribution in [1.29, 1.82) is 5.26 Å². The lowest BCUT2D eigenvalue weighted by molar-refractivity contribution is -0.123. The molecule has 0 saturated carbocycles. The number of benzene rings is 1. The van der Waals surface area contributed by atoms with Gasteiger partial charge < -0.3 is 14.8 Å². The van der Waals surface area contributed by atoms with E-state index in [0.29, 0.717) is 24.5 Å². The van der Waals surface area contributed by atoms with E-state index in [1.54, 1.807) is 26.4 Å². The Balaban J connectivity index is 2.69. The van der Waals surface area contributed by atoms with Crippen LogP contribution in [0, 0.1) is 17.2 Å². The number of carbonyl (C=O) groups excluding carboxylic acids is 1. The van der Waals surface area contributed by atoms with Gasteiger partial charge in [-0.25, -0.2) is 0 Å². The van der Waals surface area contributed by atoms with Gasteiger partial charge in [0.15, 0.2) is 11.5 Å². The average molecular weight is 262 g/mol. The van der Waals surface area contributed by atoms with E-state index in [0.717, 1.165) is 5.56 Å². The van der Waals surface area contributed by atoms with Crippen molar-refractivity contribution >= 4 is 5.91 Å². The number of amides is 1. The van der Waals surface area contributed by atoms with Crippen molar-refractivity contribution in [2.75, 3.05) is 14.2 Å². The van der Waals surface area contributed by atoms with Gasteiger partial charge in [-0.2, -0.15) is 5.26 Å². The number of hydrogen-bond acceptors (Lipinski definition) is 4. The molecule has 0 heterocycles. The number of nitriles is 1. The Kier molecular flexibility index (Phi) is 5.68. The Hall–Kier alpha value is -2.22. The summed E-state index contributed by atoms with van der Waals surface area (Å²) in [5.41, 5.74) is 0.888. The fourth-order valence-corrected chi connectivity index (χ4v) is 1.64. The Labute approximate surface area is 113 Å². The molecular weight excluding hydrogens is 244 g/mol. The lowest BCUT2D eigenvalue weighted by Gasteiger charge is -2.11. The molecule has 19 heavy (non-hydrogen) atoms. The van der Waals surface area contributed by atoms with E-state index in [1.165, 1.54) is 0 Å². The molecule has 0 saturated heterocycles. The highest BCUT2D eigenvalue weighted by Crippen LogP contribution is 2.27. The Morgan fingerprint density at radius 3 is 2.58 bits per heavy atom. The van der Waals surface area contributed by atoms with Gasteiger partial charge in [0, 0.05) is 6.54 Å². The van der Waals surface area contributed by atoms with Crippen LogP contribution in [0.1, 0.15) is 18.9 Å². The molecule has 0 aliphatic heterocycles. The molecular formula is C14H18N2O3. The quantitative estimate of drug-likeness (QED) is 0.849. The van der Waals surface area contributed by atoms with Gasteiger partial charge in [0.2, 0.25) is 5.91 Å². The molecule has 102 valence electrons. The number of ether oxygens (including phenoxy) is 2. The second kappa shape index (κ2) is 7.27. The second-order valence-electron chi connectivity index (χ2n) is 4.00. The first-order chi connectivity index (χ1) is 9.15. The van der Waals surface area contributed by atoms with E-state index in [2.05, 4.69) is 5.32 Å². The van der Waals surface area contributed by atoms with E-state index >= 15 is 0 Å². The maximum Gasteiger partial charge on any atom is 0.237 e. The number of carbonyl (C=O) groups is 1. The predicted molar refractivity (Wildman–Crippen MR) is 70.8 cm³/mol. The molecule has 5 heteroatoms. The van der Waals surface area contributed by atoms with Gasteiger partial charge in [-0.15, -0.1) is 0 Å². The van der Waals surface area contributed by atoms with Crippen molar-refractivity contribution < 1.29 is 14.3 Å². The average Bonchev–Trinajstić information content (AvgIpc) is 2.45. The van der Waals surface area contributed by atoms with Crippen molar-refractivity contribution in [3.8, 4) is 17.6 Å². The maximum atomic E-state index is 11.7. The van der Waals surface area contributed by atoms with Crippen LogP contribution >= 0.6 is 0 Å². The number of nitrogens with zero attached hydrogens (tertiary/aromatic N) is 1. The summed E-state index contributed by atoms with van der Waals surface area (Å²) in [6.45, 7) is 2.17. The van der Waals surface area contributed by atoms with Crippen molar-refractivity contribution in [2.24, 2.45) is 5.92 Å². The van der Waals surface area contributed by atoms with Gasteiger partial charge in [0.05, 0.1) is 20.3 Å². The normalized spacial score (nSPS) is 11.3. The fraction of sp³-hybridized carbons (Fsp3) is 0.429. The van der Waals surface area contributed by atoms with E-state index in [1.807, 2.05) is 19.1 Å². The molecule has 1 aromatic carbocycles. The van der Waals surface area contributed by atoms with E-state index in [-0.39, 0.29) is 5.91 Å². The first-order valence-electron chi connectivity index (χ1n) is 6.04. The standard InChI is InChI=1S/C14H18N2O3/c1-4-11(8-15)14(17)16-9-10-5-6-12(18-2)13(7-10)19-3/h5-7,11H,4,9H2,1-3H3,(H,16,17). The maximum absolute atomic E-state index is 11.7. The highest BCUT2D eigenvalue weighted by molar-refractivity contribution is 5.80. The van der Waals surface area contributed by atoms with Gasteiger partial charge >= 0.3 is 0 Å². The topological polar surface area (TPSA) is 71.4 Å². The first-order valence-corrected chi connectivity index (χ1v) is 6.04. The van der Waals surface area contributed by atoms with Crippen molar-refractivity contribution in [1.82, 2.24) is 5.32 Å². The molecule has 0 spiro atoms. The number of rotatable bonds is 6. The molecule has 0 aromatic heterocycles. The molecule has 0 aliphatic carbocycles. The third kappa shape index (κ3) is 3.88. The zero-order chi connectivity index (χ0) is 14.3. The summed E-state index contributed by atoms with van der Waals surface area (Å²) in [6.07, 6.45) is 0.508. The van der Waals surface area contributed by atoms with E-state index < -0.39 is 5.92 Å². The van der Waals surface area contributed by atoms with Gasteiger partial charge in [0.25, 0.3) is 0 Å². The molecule has 1 rings (SSSR count). The molecule has 0 fully saturated rings. The summed E-state index contributed by atoms with van der Waals surface area (Å²) in [4.78, 5) is 11.7. The zero-order valence-electron chi connectivity index (χ0n) is 11.4. The minimum absolute atomic E-state index is 0.250. The van der Waals surface area contributed by atoms with Crippen LogP contribution in [0.3, 0.4) is 0 Å². The Morgan fingerprint density at radius 1 is 1.37 bits per heavy atom. The lowest BCUT2D eigenvalue weighted by Crippen LogP contribution is -2.29. The highest BCUT2D eigenvalue weighted by atomic mass is 16.5. The monoisotopic (exact) mass is 262 g/mol. The summed E-state index contributed by atoms with van der Waals surface area (Å²) in [6, 6.07) is 7.39. The Morgan fingerprint density at radius 2 is 2.05 bits per heavy atom. The SMILES string of the molecule is CCC(C#N)C(=O)NCc1ccc(OC)c(OC)c1. The molecule has 1 atom stereocenters. The van der Waals surface area contributed by atoms with Crippen LogP contribution in [-0.4, -0.2) is 20.1 Å². The molecule has 0 bridgehead atoms. The summed E-state index contributed by atoms with van der Waals surface area (Å²) in [7, 11) is 3.13. The van der Waals surface area contributed by atoms with Gasteiger partial charge in [-0.1, -0.05) is 13.0 Å². The summed E-state index contributed by atoms with van der Waals surface area (Å²) in [5, 5.41) is 11.5. The summed E-state index contributed by atoms with van der Waals surface area (Å²) in [5.74, 6) is 0.405. The number of hydrogen-bond donors (Lipinski definition) is 1. The lowest BCUT2D eigenvalue weighted by atomic mass is 10.1. The van der Waals surface area contributed by atoms with Crippen LogP contribution in [0.4, 0.5) is 0 Å². The molecule has 0 radical (unpaired) electrons. The van der Waals surface area contributed by atoms with Crippen LogP contribution in [0.2, 0.25) is 0 Å². The van der Waals surface area contributed by atoms with Crippen molar-refractivity contribution in [2.45, 2.75) is 19.9 Å². The molecule has 1 amide bonds. The number of nitrogens with one attached hydrogen (secondary N) is 1. The van der Waals surface area contributed by atoms with Crippen LogP contribution < -0.4 is 14.8 Å². The zero-order valence-corrected chi connectivity index (χ0v) is 11.4. The predicted octanol–water partition coefficient (Wildman–Crippen LogP) is 1.87. The van der Waals surface area contributed by atoms with E-state index in [4.69, 9.17) is 14.7 Å². The Bertz CT molecular complexity index is 480. The number of methoxy groups -OCH3 is 2. The minimum atomic E-state index is -0.597. The largest absolute Gasteiger partial charge is 0.493 e. The third-order valence-corrected chi connectivity index (χ3v) is 2.80. The minimum Gasteiger partial charge on any atom is -0.493 e. The smallest absolute Gasteiger partial charge is 0.237 e. The van der Waals surface area contributed by atoms with Crippen LogP contribution in [-0.2, 0) is 11.3 Å².